The number of carbonyl (C=O) groups excluding carboxylic acids is 1. The van der Waals surface area contributed by atoms with E-state index in [4.69, 9.17) is 16.7 Å². The van der Waals surface area contributed by atoms with Crippen LogP contribution in [0.5, 0.6) is 0 Å². The number of nitrogens with zero attached hydrogens (tertiary/aromatic N) is 2. The molecule has 0 radical (unpaired) electrons. The van der Waals surface area contributed by atoms with E-state index in [-0.39, 0.29) is 5.91 Å². The molecule has 0 spiro atoms. The summed E-state index contributed by atoms with van der Waals surface area (Å²) in [7, 11) is 0. The number of rotatable bonds is 4. The normalized spacial score (nSPS) is 12.9. The van der Waals surface area contributed by atoms with Crippen LogP contribution in [0, 0.1) is 0 Å². The SMILES string of the molecule is O=C(Cc1cccc2ccccc12)Nc1c2c(nn1-c1ccc(Cl)cc1)CSC2. The Labute approximate surface area is 177 Å². The summed E-state index contributed by atoms with van der Waals surface area (Å²) < 4.78 is 1.82. The molecule has 1 N–H and O–H groups in total. The van der Waals surface area contributed by atoms with Crippen LogP contribution in [0.3, 0.4) is 0 Å². The monoisotopic (exact) mass is 419 g/mol. The number of hydrogen-bond donors (Lipinski definition) is 1. The number of thioether (sulfide) groups is 1. The summed E-state index contributed by atoms with van der Waals surface area (Å²) in [6.45, 7) is 0. The highest BCUT2D eigenvalue weighted by molar-refractivity contribution is 7.98. The third-order valence-electron chi connectivity index (χ3n) is 5.11. The van der Waals surface area contributed by atoms with Crippen molar-refractivity contribution in [2.45, 2.75) is 17.9 Å². The highest BCUT2D eigenvalue weighted by Gasteiger charge is 2.24. The van der Waals surface area contributed by atoms with Gasteiger partial charge in [0.15, 0.2) is 0 Å². The fourth-order valence-electron chi connectivity index (χ4n) is 3.71. The van der Waals surface area contributed by atoms with E-state index in [2.05, 4.69) is 23.5 Å². The van der Waals surface area contributed by atoms with Gasteiger partial charge >= 0.3 is 0 Å². The van der Waals surface area contributed by atoms with Gasteiger partial charge in [0.1, 0.15) is 5.82 Å². The highest BCUT2D eigenvalue weighted by atomic mass is 35.5. The topological polar surface area (TPSA) is 46.9 Å². The van der Waals surface area contributed by atoms with Gasteiger partial charge < -0.3 is 5.32 Å². The second kappa shape index (κ2) is 7.58. The van der Waals surface area contributed by atoms with E-state index in [1.165, 1.54) is 0 Å². The Balaban J connectivity index is 1.47. The molecule has 0 unspecified atom stereocenters. The lowest BCUT2D eigenvalue weighted by Gasteiger charge is -2.12. The fourth-order valence-corrected chi connectivity index (χ4v) is 4.87. The number of fused-ring (bicyclic) bond motifs is 2. The quantitative estimate of drug-likeness (QED) is 0.468. The fraction of sp³-hybridized carbons (Fsp3) is 0.130. The first-order valence-electron chi connectivity index (χ1n) is 9.40. The maximum atomic E-state index is 13.0. The number of carbonyl (C=O) groups is 1. The minimum atomic E-state index is -0.0452. The number of anilines is 1. The lowest BCUT2D eigenvalue weighted by molar-refractivity contribution is -0.115. The Morgan fingerprint density at radius 3 is 2.69 bits per heavy atom. The summed E-state index contributed by atoms with van der Waals surface area (Å²) in [5.41, 5.74) is 4.04. The van der Waals surface area contributed by atoms with Crippen molar-refractivity contribution in [1.29, 1.82) is 0 Å². The molecule has 0 fully saturated rings. The molecule has 1 amide bonds. The van der Waals surface area contributed by atoms with Crippen LogP contribution < -0.4 is 5.32 Å². The van der Waals surface area contributed by atoms with E-state index in [0.29, 0.717) is 11.4 Å². The highest BCUT2D eigenvalue weighted by Crippen LogP contribution is 2.36. The average Bonchev–Trinajstić information content (AvgIpc) is 3.32. The minimum absolute atomic E-state index is 0.0452. The van der Waals surface area contributed by atoms with Crippen LogP contribution in [-0.4, -0.2) is 15.7 Å². The molecule has 0 atom stereocenters. The maximum absolute atomic E-state index is 13.0. The van der Waals surface area contributed by atoms with Gasteiger partial charge in [-0.2, -0.15) is 16.9 Å². The van der Waals surface area contributed by atoms with Crippen molar-refractivity contribution in [2.24, 2.45) is 0 Å². The van der Waals surface area contributed by atoms with E-state index in [0.717, 1.165) is 50.6 Å². The molecule has 5 rings (SSSR count). The Hall–Kier alpha value is -2.76. The second-order valence-corrected chi connectivity index (χ2v) is 8.44. The zero-order chi connectivity index (χ0) is 19.8. The summed E-state index contributed by atoms with van der Waals surface area (Å²) in [5, 5.41) is 10.8. The van der Waals surface area contributed by atoms with Crippen molar-refractivity contribution in [3.63, 3.8) is 0 Å². The van der Waals surface area contributed by atoms with Gasteiger partial charge in [0, 0.05) is 22.1 Å². The van der Waals surface area contributed by atoms with Gasteiger partial charge in [-0.3, -0.25) is 4.79 Å². The number of amides is 1. The molecule has 1 aliphatic heterocycles. The molecule has 1 aromatic heterocycles. The molecule has 2 heterocycles. The molecule has 6 heteroatoms. The lowest BCUT2D eigenvalue weighted by atomic mass is 10.0. The first kappa shape index (κ1) is 18.3. The van der Waals surface area contributed by atoms with Crippen molar-refractivity contribution in [3.05, 3.63) is 88.6 Å². The van der Waals surface area contributed by atoms with Crippen molar-refractivity contribution >= 4 is 45.9 Å². The van der Waals surface area contributed by atoms with Crippen molar-refractivity contribution in [3.8, 4) is 5.69 Å². The van der Waals surface area contributed by atoms with Gasteiger partial charge in [-0.15, -0.1) is 0 Å². The summed E-state index contributed by atoms with van der Waals surface area (Å²) >= 11 is 7.85. The van der Waals surface area contributed by atoms with Crippen LogP contribution >= 0.6 is 23.4 Å². The Kier molecular flexibility index (Phi) is 4.78. The predicted octanol–water partition coefficient (Wildman–Crippen LogP) is 5.61. The van der Waals surface area contributed by atoms with Gasteiger partial charge in [0.2, 0.25) is 5.91 Å². The molecule has 0 saturated carbocycles. The van der Waals surface area contributed by atoms with Crippen LogP contribution in [0.2, 0.25) is 5.02 Å². The lowest BCUT2D eigenvalue weighted by Crippen LogP contribution is -2.18. The molecule has 0 bridgehead atoms. The van der Waals surface area contributed by atoms with Crippen molar-refractivity contribution < 1.29 is 4.79 Å². The van der Waals surface area contributed by atoms with Gasteiger partial charge in [0.25, 0.3) is 0 Å². The van der Waals surface area contributed by atoms with Gasteiger partial charge in [0.05, 0.1) is 17.8 Å². The Morgan fingerprint density at radius 1 is 1.03 bits per heavy atom. The molecule has 4 nitrogen and oxygen atoms in total. The van der Waals surface area contributed by atoms with Crippen LogP contribution in [0.25, 0.3) is 16.5 Å². The van der Waals surface area contributed by atoms with Crippen molar-refractivity contribution in [2.75, 3.05) is 5.32 Å². The van der Waals surface area contributed by atoms with Crippen LogP contribution in [0.4, 0.5) is 5.82 Å². The maximum Gasteiger partial charge on any atom is 0.229 e. The van der Waals surface area contributed by atoms with Gasteiger partial charge in [-0.25, -0.2) is 4.68 Å². The third kappa shape index (κ3) is 3.52. The molecule has 1 aliphatic rings. The third-order valence-corrected chi connectivity index (χ3v) is 6.33. The van der Waals surface area contributed by atoms with Crippen LogP contribution in [0.15, 0.2) is 66.7 Å². The first-order chi connectivity index (χ1) is 14.2. The predicted molar refractivity (Wildman–Crippen MR) is 120 cm³/mol. The Bertz CT molecular complexity index is 1210. The number of aromatic nitrogens is 2. The summed E-state index contributed by atoms with van der Waals surface area (Å²) in [6, 6.07) is 21.7. The molecular weight excluding hydrogens is 402 g/mol. The molecule has 4 aromatic rings. The summed E-state index contributed by atoms with van der Waals surface area (Å²) in [4.78, 5) is 13.0. The molecule has 29 heavy (non-hydrogen) atoms. The van der Waals surface area contributed by atoms with E-state index in [1.54, 1.807) is 0 Å². The number of halogens is 1. The van der Waals surface area contributed by atoms with Crippen LogP contribution in [-0.2, 0) is 22.7 Å². The first-order valence-corrected chi connectivity index (χ1v) is 10.9. The summed E-state index contributed by atoms with van der Waals surface area (Å²) in [6.07, 6.45) is 0.315. The Morgan fingerprint density at radius 2 is 1.83 bits per heavy atom. The smallest absolute Gasteiger partial charge is 0.229 e. The summed E-state index contributed by atoms with van der Waals surface area (Å²) in [5.74, 6) is 2.43. The molecule has 0 aliphatic carbocycles. The van der Waals surface area contributed by atoms with Crippen molar-refractivity contribution in [1.82, 2.24) is 9.78 Å². The average molecular weight is 420 g/mol. The standard InChI is InChI=1S/C23H18ClN3OS/c24-17-8-10-18(11-9-17)27-23(20-13-29-14-21(20)26-27)25-22(28)12-16-6-3-5-15-4-1-2-7-19(15)16/h1-11H,12-14H2,(H,25,28). The number of nitrogens with one attached hydrogen (secondary N) is 1. The van der Waals surface area contributed by atoms with Crippen LogP contribution in [0.1, 0.15) is 16.8 Å². The molecule has 3 aromatic carbocycles. The molecule has 0 saturated heterocycles. The van der Waals surface area contributed by atoms with Gasteiger partial charge in [-0.05, 0) is 40.6 Å². The van der Waals surface area contributed by atoms with Gasteiger partial charge in [-0.1, -0.05) is 54.1 Å². The number of benzene rings is 3. The minimum Gasteiger partial charge on any atom is -0.310 e. The molecular formula is C23H18ClN3OS. The number of hydrogen-bond acceptors (Lipinski definition) is 3. The van der Waals surface area contributed by atoms with E-state index in [9.17, 15) is 4.79 Å². The largest absolute Gasteiger partial charge is 0.310 e. The zero-order valence-electron chi connectivity index (χ0n) is 15.6. The van der Waals surface area contributed by atoms with E-state index < -0.39 is 0 Å². The molecule has 144 valence electrons. The van der Waals surface area contributed by atoms with E-state index >= 15 is 0 Å². The zero-order valence-corrected chi connectivity index (χ0v) is 17.1. The second-order valence-electron chi connectivity index (χ2n) is 7.02. The van der Waals surface area contributed by atoms with E-state index in [1.807, 2.05) is 65.0 Å².